The van der Waals surface area contributed by atoms with E-state index in [2.05, 4.69) is 5.32 Å². The standard InChI is InChI=1S/C22H23NO3S/c1-4-20-19(18-7-5-6-8-21(18)26-20)13-14-22(24)23-15(2)16-9-11-17(12-10-16)27(3)25/h5-15H,4H2,1-3H3,(H,23,24). The molecule has 140 valence electrons. The molecule has 1 N–H and O–H groups in total. The van der Waals surface area contributed by atoms with Crippen LogP contribution in [0, 0.1) is 0 Å². The highest BCUT2D eigenvalue weighted by Crippen LogP contribution is 2.27. The zero-order chi connectivity index (χ0) is 19.4. The van der Waals surface area contributed by atoms with E-state index in [1.807, 2.05) is 68.5 Å². The predicted molar refractivity (Wildman–Crippen MR) is 110 cm³/mol. The molecule has 1 aromatic heterocycles. The van der Waals surface area contributed by atoms with Crippen molar-refractivity contribution in [3.8, 4) is 0 Å². The van der Waals surface area contributed by atoms with Crippen molar-refractivity contribution in [2.24, 2.45) is 0 Å². The molecule has 0 bridgehead atoms. The lowest BCUT2D eigenvalue weighted by Crippen LogP contribution is -2.24. The quantitative estimate of drug-likeness (QED) is 0.634. The number of aryl methyl sites for hydroxylation is 1. The molecular weight excluding hydrogens is 358 g/mol. The molecule has 0 radical (unpaired) electrons. The van der Waals surface area contributed by atoms with Gasteiger partial charge in [-0.1, -0.05) is 37.3 Å². The summed E-state index contributed by atoms with van der Waals surface area (Å²) < 4.78 is 17.3. The molecule has 0 spiro atoms. The largest absolute Gasteiger partial charge is 0.460 e. The van der Waals surface area contributed by atoms with Crippen molar-refractivity contribution in [2.75, 3.05) is 6.26 Å². The topological polar surface area (TPSA) is 59.3 Å². The maximum Gasteiger partial charge on any atom is 0.244 e. The van der Waals surface area contributed by atoms with E-state index in [1.165, 1.54) is 0 Å². The third-order valence-corrected chi connectivity index (χ3v) is 5.44. The maximum atomic E-state index is 12.4. The Morgan fingerprint density at radius 3 is 2.56 bits per heavy atom. The fourth-order valence-electron chi connectivity index (χ4n) is 3.01. The van der Waals surface area contributed by atoms with E-state index in [-0.39, 0.29) is 11.9 Å². The Bertz CT molecular complexity index is 1000. The van der Waals surface area contributed by atoms with Gasteiger partial charge in [0.05, 0.1) is 6.04 Å². The van der Waals surface area contributed by atoms with Gasteiger partial charge >= 0.3 is 0 Å². The van der Waals surface area contributed by atoms with E-state index >= 15 is 0 Å². The number of hydrogen-bond donors (Lipinski definition) is 1. The van der Waals surface area contributed by atoms with Crippen LogP contribution in [0.3, 0.4) is 0 Å². The van der Waals surface area contributed by atoms with Gasteiger partial charge in [0.2, 0.25) is 5.91 Å². The molecule has 0 aliphatic carbocycles. The second-order valence-corrected chi connectivity index (χ2v) is 7.76. The summed E-state index contributed by atoms with van der Waals surface area (Å²) in [5.74, 6) is 0.703. The van der Waals surface area contributed by atoms with Crippen LogP contribution in [0.5, 0.6) is 0 Å². The highest BCUT2D eigenvalue weighted by atomic mass is 32.2. The Morgan fingerprint density at radius 1 is 1.19 bits per heavy atom. The number of amides is 1. The zero-order valence-corrected chi connectivity index (χ0v) is 16.5. The van der Waals surface area contributed by atoms with Gasteiger partial charge in [-0.3, -0.25) is 9.00 Å². The molecule has 0 aliphatic heterocycles. The van der Waals surface area contributed by atoms with Crippen LogP contribution in [0.25, 0.3) is 17.0 Å². The predicted octanol–water partition coefficient (Wildman–Crippen LogP) is 4.62. The number of hydrogen-bond acceptors (Lipinski definition) is 3. The van der Waals surface area contributed by atoms with Crippen LogP contribution >= 0.6 is 0 Å². The first kappa shape index (κ1) is 19.1. The second kappa shape index (κ2) is 8.35. The third kappa shape index (κ3) is 4.37. The fourth-order valence-corrected chi connectivity index (χ4v) is 3.53. The minimum Gasteiger partial charge on any atom is -0.460 e. The molecule has 0 saturated carbocycles. The van der Waals surface area contributed by atoms with E-state index in [0.717, 1.165) is 39.2 Å². The molecule has 4 nitrogen and oxygen atoms in total. The Labute approximate surface area is 161 Å². The van der Waals surface area contributed by atoms with Crippen molar-refractivity contribution in [1.29, 1.82) is 0 Å². The molecule has 2 atom stereocenters. The van der Waals surface area contributed by atoms with Crippen molar-refractivity contribution in [3.63, 3.8) is 0 Å². The zero-order valence-electron chi connectivity index (χ0n) is 15.7. The van der Waals surface area contributed by atoms with Crippen molar-refractivity contribution in [1.82, 2.24) is 5.32 Å². The van der Waals surface area contributed by atoms with E-state index in [1.54, 1.807) is 12.3 Å². The molecular formula is C22H23NO3S. The Kier molecular flexibility index (Phi) is 5.91. The summed E-state index contributed by atoms with van der Waals surface area (Å²) in [5.41, 5.74) is 2.75. The molecule has 3 rings (SSSR count). The third-order valence-electron chi connectivity index (χ3n) is 4.50. The van der Waals surface area contributed by atoms with Gasteiger partial charge < -0.3 is 9.73 Å². The second-order valence-electron chi connectivity index (χ2n) is 6.38. The Morgan fingerprint density at radius 2 is 1.89 bits per heavy atom. The monoisotopic (exact) mass is 381 g/mol. The molecule has 3 aromatic rings. The van der Waals surface area contributed by atoms with Gasteiger partial charge in [0.1, 0.15) is 11.3 Å². The highest BCUT2D eigenvalue weighted by molar-refractivity contribution is 7.84. The van der Waals surface area contributed by atoms with Gasteiger partial charge in [-0.05, 0) is 36.8 Å². The van der Waals surface area contributed by atoms with Gasteiger partial charge in [0.25, 0.3) is 0 Å². The summed E-state index contributed by atoms with van der Waals surface area (Å²) in [7, 11) is -1.00. The van der Waals surface area contributed by atoms with Crippen LogP contribution in [0.4, 0.5) is 0 Å². The first-order valence-corrected chi connectivity index (χ1v) is 10.5. The van der Waals surface area contributed by atoms with Gasteiger partial charge in [-0.15, -0.1) is 0 Å². The smallest absolute Gasteiger partial charge is 0.244 e. The molecule has 5 heteroatoms. The van der Waals surface area contributed by atoms with Crippen molar-refractivity contribution in [2.45, 2.75) is 31.2 Å². The average molecular weight is 381 g/mol. The van der Waals surface area contributed by atoms with E-state index in [9.17, 15) is 9.00 Å². The number of nitrogens with one attached hydrogen (secondary N) is 1. The number of carbonyl (C=O) groups excluding carboxylic acids is 1. The summed E-state index contributed by atoms with van der Waals surface area (Å²) in [6, 6.07) is 15.1. The highest BCUT2D eigenvalue weighted by Gasteiger charge is 2.11. The van der Waals surface area contributed by atoms with Crippen LogP contribution in [-0.4, -0.2) is 16.4 Å². The van der Waals surface area contributed by atoms with Gasteiger partial charge in [-0.2, -0.15) is 0 Å². The van der Waals surface area contributed by atoms with Crippen LogP contribution in [0.1, 0.15) is 36.8 Å². The minimum absolute atomic E-state index is 0.145. The lowest BCUT2D eigenvalue weighted by molar-refractivity contribution is -0.117. The number of carbonyl (C=O) groups is 1. The van der Waals surface area contributed by atoms with E-state index < -0.39 is 10.8 Å². The lowest BCUT2D eigenvalue weighted by Gasteiger charge is -2.13. The number of furan rings is 1. The minimum atomic E-state index is -1.00. The van der Waals surface area contributed by atoms with Crippen molar-refractivity contribution < 1.29 is 13.4 Å². The van der Waals surface area contributed by atoms with Crippen LogP contribution in [-0.2, 0) is 22.0 Å². The summed E-state index contributed by atoms with van der Waals surface area (Å²) in [5, 5.41) is 3.97. The molecule has 1 heterocycles. The molecule has 0 aliphatic rings. The molecule has 2 aromatic carbocycles. The van der Waals surface area contributed by atoms with Gasteiger partial charge in [0.15, 0.2) is 0 Å². The maximum absolute atomic E-state index is 12.4. The Hall–Kier alpha value is -2.66. The summed E-state index contributed by atoms with van der Waals surface area (Å²) in [6.45, 7) is 3.96. The fraction of sp³-hybridized carbons (Fsp3) is 0.227. The molecule has 0 saturated heterocycles. The first-order chi connectivity index (χ1) is 13.0. The summed E-state index contributed by atoms with van der Waals surface area (Å²) in [6.07, 6.45) is 5.77. The number of rotatable bonds is 6. The number of benzene rings is 2. The van der Waals surface area contributed by atoms with E-state index in [0.29, 0.717) is 0 Å². The van der Waals surface area contributed by atoms with Crippen LogP contribution in [0.2, 0.25) is 0 Å². The summed E-state index contributed by atoms with van der Waals surface area (Å²) in [4.78, 5) is 13.1. The number of para-hydroxylation sites is 1. The van der Waals surface area contributed by atoms with Crippen molar-refractivity contribution in [3.05, 3.63) is 71.5 Å². The Balaban J connectivity index is 1.73. The van der Waals surface area contributed by atoms with Crippen molar-refractivity contribution >= 4 is 33.8 Å². The van der Waals surface area contributed by atoms with Crippen LogP contribution in [0.15, 0.2) is 63.9 Å². The molecule has 0 fully saturated rings. The average Bonchev–Trinajstić information content (AvgIpc) is 3.04. The van der Waals surface area contributed by atoms with Crippen LogP contribution < -0.4 is 5.32 Å². The molecule has 2 unspecified atom stereocenters. The normalized spacial score (nSPS) is 13.7. The lowest BCUT2D eigenvalue weighted by atomic mass is 10.1. The summed E-state index contributed by atoms with van der Waals surface area (Å²) >= 11 is 0. The number of fused-ring (bicyclic) bond motifs is 1. The first-order valence-electron chi connectivity index (χ1n) is 8.92. The van der Waals surface area contributed by atoms with E-state index in [4.69, 9.17) is 4.42 Å². The molecule has 1 amide bonds. The SMILES string of the molecule is CCc1oc2ccccc2c1C=CC(=O)NC(C)c1ccc(S(C)=O)cc1. The van der Waals surface area contributed by atoms with Gasteiger partial charge in [-0.25, -0.2) is 0 Å². The van der Waals surface area contributed by atoms with Gasteiger partial charge in [0, 0.05) is 45.4 Å². The molecule has 27 heavy (non-hydrogen) atoms.